The second kappa shape index (κ2) is 6.65. The Labute approximate surface area is 105 Å². The number of aromatic carboxylic acids is 1. The zero-order valence-corrected chi connectivity index (χ0v) is 10.4. The molecular weight excluding hydrogens is 236 g/mol. The highest BCUT2D eigenvalue weighted by Crippen LogP contribution is 1.99. The van der Waals surface area contributed by atoms with Crippen molar-refractivity contribution in [1.29, 1.82) is 0 Å². The van der Waals surface area contributed by atoms with E-state index in [9.17, 15) is 14.7 Å². The Morgan fingerprint density at radius 1 is 1.28 bits per heavy atom. The van der Waals surface area contributed by atoms with Gasteiger partial charge in [0.25, 0.3) is 5.91 Å². The van der Waals surface area contributed by atoms with Gasteiger partial charge in [-0.25, -0.2) is 4.98 Å². The van der Waals surface area contributed by atoms with Crippen molar-refractivity contribution >= 4 is 11.9 Å². The fourth-order valence-corrected chi connectivity index (χ4v) is 1.38. The van der Waals surface area contributed by atoms with Crippen LogP contribution in [0.3, 0.4) is 0 Å². The summed E-state index contributed by atoms with van der Waals surface area (Å²) in [7, 11) is 4.03. The first-order valence-corrected chi connectivity index (χ1v) is 5.62. The van der Waals surface area contributed by atoms with Gasteiger partial charge in [-0.2, -0.15) is 0 Å². The molecule has 0 saturated carbocycles. The van der Waals surface area contributed by atoms with Crippen molar-refractivity contribution in [3.63, 3.8) is 0 Å². The monoisotopic (exact) mass is 252 g/mol. The Morgan fingerprint density at radius 2 is 1.89 bits per heavy atom. The van der Waals surface area contributed by atoms with Crippen molar-refractivity contribution in [2.24, 2.45) is 0 Å². The summed E-state index contributed by atoms with van der Waals surface area (Å²) in [5, 5.41) is 13.4. The summed E-state index contributed by atoms with van der Waals surface area (Å²) in [6, 6.07) is 0. The van der Waals surface area contributed by atoms with Gasteiger partial charge in [0.15, 0.2) is 5.69 Å². The standard InChI is InChI=1S/C11H16N4O3/c1-15(2)7-3-4-14-10(16)8-9(11(17)18)13-6-5-12-8/h5-6H,3-4,7H2,1-2H3,(H,14,16)(H,17,18). The van der Waals surface area contributed by atoms with Crippen LogP contribution in [0.2, 0.25) is 0 Å². The zero-order chi connectivity index (χ0) is 13.5. The van der Waals surface area contributed by atoms with Gasteiger partial charge in [0.1, 0.15) is 5.69 Å². The van der Waals surface area contributed by atoms with Gasteiger partial charge >= 0.3 is 0 Å². The Bertz CT molecular complexity index is 434. The number of carboxylic acids is 1. The van der Waals surface area contributed by atoms with Crippen LogP contribution in [0.1, 0.15) is 27.4 Å². The molecule has 0 aliphatic rings. The minimum absolute atomic E-state index is 0.213. The Morgan fingerprint density at radius 3 is 2.44 bits per heavy atom. The van der Waals surface area contributed by atoms with Gasteiger partial charge in [0.05, 0.1) is 26.6 Å². The summed E-state index contributed by atoms with van der Waals surface area (Å²) in [6.07, 6.45) is 3.28. The van der Waals surface area contributed by atoms with E-state index in [1.165, 1.54) is 17.3 Å². The molecule has 0 fully saturated rings. The van der Waals surface area contributed by atoms with Crippen LogP contribution in [0.5, 0.6) is 0 Å². The molecule has 2 N–H and O–H groups in total. The lowest BCUT2D eigenvalue weighted by molar-refractivity contribution is -0.858. The molecule has 0 saturated heterocycles. The lowest BCUT2D eigenvalue weighted by atomic mass is 10.3. The second-order valence-corrected chi connectivity index (χ2v) is 4.11. The van der Waals surface area contributed by atoms with Crippen molar-refractivity contribution in [3.05, 3.63) is 23.8 Å². The van der Waals surface area contributed by atoms with Crippen molar-refractivity contribution in [3.8, 4) is 0 Å². The Kier molecular flexibility index (Phi) is 5.19. The van der Waals surface area contributed by atoms with Crippen LogP contribution >= 0.6 is 0 Å². The van der Waals surface area contributed by atoms with E-state index < -0.39 is 17.6 Å². The third kappa shape index (κ3) is 4.10. The highest BCUT2D eigenvalue weighted by Gasteiger charge is 2.14. The summed E-state index contributed by atoms with van der Waals surface area (Å²) < 4.78 is 0. The van der Waals surface area contributed by atoms with Crippen LogP contribution in [0.4, 0.5) is 0 Å². The molecular formula is C11H16N4O3. The minimum Gasteiger partial charge on any atom is -0.543 e. The van der Waals surface area contributed by atoms with E-state index in [1.54, 1.807) is 0 Å². The van der Waals surface area contributed by atoms with E-state index in [-0.39, 0.29) is 5.69 Å². The van der Waals surface area contributed by atoms with Crippen LogP contribution in [-0.4, -0.2) is 49.0 Å². The van der Waals surface area contributed by atoms with Gasteiger partial charge < -0.3 is 20.1 Å². The number of hydrogen-bond donors (Lipinski definition) is 2. The third-order valence-electron chi connectivity index (χ3n) is 2.25. The summed E-state index contributed by atoms with van der Waals surface area (Å²) >= 11 is 0. The number of carboxylic acid groups (broad SMARTS) is 1. The van der Waals surface area contributed by atoms with E-state index in [2.05, 4.69) is 15.3 Å². The van der Waals surface area contributed by atoms with Crippen LogP contribution in [-0.2, 0) is 0 Å². The molecule has 0 aliphatic heterocycles. The highest BCUT2D eigenvalue weighted by atomic mass is 16.4. The van der Waals surface area contributed by atoms with Gasteiger partial charge in [-0.1, -0.05) is 0 Å². The zero-order valence-electron chi connectivity index (χ0n) is 10.4. The number of amides is 1. The number of hydrogen-bond acceptors (Lipinski definition) is 5. The van der Waals surface area contributed by atoms with Crippen LogP contribution in [0, 0.1) is 0 Å². The molecule has 0 radical (unpaired) electrons. The number of carbonyl (C=O) groups is 2. The smallest absolute Gasteiger partial charge is 0.272 e. The topological polar surface area (TPSA) is 99.5 Å². The Hall–Kier alpha value is -2.02. The maximum atomic E-state index is 11.7. The molecule has 7 heteroatoms. The van der Waals surface area contributed by atoms with Crippen molar-refractivity contribution in [2.75, 3.05) is 27.2 Å². The Balaban J connectivity index is 2.59. The normalized spacial score (nSPS) is 10.4. The van der Waals surface area contributed by atoms with E-state index in [0.29, 0.717) is 6.54 Å². The lowest BCUT2D eigenvalue weighted by Crippen LogP contribution is -3.05. The molecule has 0 aliphatic carbocycles. The SMILES string of the molecule is C[NH+](C)CCCNC(=O)c1nccnc1C(=O)[O-]. The molecule has 1 aromatic rings. The van der Waals surface area contributed by atoms with Gasteiger partial charge in [0, 0.05) is 25.4 Å². The first-order valence-electron chi connectivity index (χ1n) is 5.62. The van der Waals surface area contributed by atoms with Crippen molar-refractivity contribution < 1.29 is 19.6 Å². The molecule has 1 aromatic heterocycles. The highest BCUT2D eigenvalue weighted by molar-refractivity contribution is 6.01. The number of quaternary nitrogens is 1. The predicted octanol–water partition coefficient (Wildman–Crippen LogP) is -2.90. The fourth-order valence-electron chi connectivity index (χ4n) is 1.38. The molecule has 0 unspecified atom stereocenters. The second-order valence-electron chi connectivity index (χ2n) is 4.11. The van der Waals surface area contributed by atoms with Crippen LogP contribution in [0.25, 0.3) is 0 Å². The minimum atomic E-state index is -1.51. The number of carbonyl (C=O) groups excluding carboxylic acids is 2. The third-order valence-corrected chi connectivity index (χ3v) is 2.25. The van der Waals surface area contributed by atoms with Crippen LogP contribution in [0.15, 0.2) is 12.4 Å². The molecule has 1 amide bonds. The first-order chi connectivity index (χ1) is 8.52. The summed E-state index contributed by atoms with van der Waals surface area (Å²) in [4.78, 5) is 31.0. The number of aromatic nitrogens is 2. The maximum Gasteiger partial charge on any atom is 0.272 e. The first kappa shape index (κ1) is 14.0. The largest absolute Gasteiger partial charge is 0.543 e. The van der Waals surface area contributed by atoms with Gasteiger partial charge in [-0.05, 0) is 0 Å². The lowest BCUT2D eigenvalue weighted by Gasteiger charge is -2.09. The summed E-state index contributed by atoms with van der Waals surface area (Å²) in [5.41, 5.74) is -0.650. The fraction of sp³-hybridized carbons (Fsp3) is 0.455. The van der Waals surface area contributed by atoms with E-state index in [1.807, 2.05) is 14.1 Å². The molecule has 0 spiro atoms. The maximum absolute atomic E-state index is 11.7. The molecule has 18 heavy (non-hydrogen) atoms. The molecule has 0 atom stereocenters. The van der Waals surface area contributed by atoms with E-state index in [0.717, 1.165) is 13.0 Å². The quantitative estimate of drug-likeness (QED) is 0.529. The van der Waals surface area contributed by atoms with Gasteiger partial charge in [-0.15, -0.1) is 0 Å². The summed E-state index contributed by atoms with van der Waals surface area (Å²) in [5.74, 6) is -2.05. The summed E-state index contributed by atoms with van der Waals surface area (Å²) in [6.45, 7) is 1.38. The van der Waals surface area contributed by atoms with Gasteiger partial charge in [-0.3, -0.25) is 9.78 Å². The molecule has 98 valence electrons. The van der Waals surface area contributed by atoms with Crippen molar-refractivity contribution in [2.45, 2.75) is 6.42 Å². The number of nitrogens with zero attached hydrogens (tertiary/aromatic N) is 2. The molecule has 0 bridgehead atoms. The van der Waals surface area contributed by atoms with Crippen LogP contribution < -0.4 is 15.3 Å². The van der Waals surface area contributed by atoms with Crippen molar-refractivity contribution in [1.82, 2.24) is 15.3 Å². The molecule has 0 aromatic carbocycles. The molecule has 7 nitrogen and oxygen atoms in total. The van der Waals surface area contributed by atoms with Gasteiger partial charge in [0.2, 0.25) is 0 Å². The number of nitrogens with one attached hydrogen (secondary N) is 2. The van der Waals surface area contributed by atoms with E-state index in [4.69, 9.17) is 0 Å². The average molecular weight is 252 g/mol. The predicted molar refractivity (Wildman–Crippen MR) is 61.0 cm³/mol. The molecule has 1 heterocycles. The molecule has 1 rings (SSSR count). The van der Waals surface area contributed by atoms with E-state index >= 15 is 0 Å². The number of rotatable bonds is 6. The average Bonchev–Trinajstić information content (AvgIpc) is 2.34.